The fourth-order valence-electron chi connectivity index (χ4n) is 1.22. The second-order valence-corrected chi connectivity index (χ2v) is 4.05. The van der Waals surface area contributed by atoms with E-state index in [2.05, 4.69) is 20.9 Å². The van der Waals surface area contributed by atoms with Crippen molar-refractivity contribution in [3.05, 3.63) is 11.1 Å². The summed E-state index contributed by atoms with van der Waals surface area (Å²) in [6.45, 7) is 2.17. The van der Waals surface area contributed by atoms with Gasteiger partial charge in [-0.1, -0.05) is 0 Å². The topological polar surface area (TPSA) is 83.1 Å². The molecule has 3 N–H and O–H groups in total. The van der Waals surface area contributed by atoms with Gasteiger partial charge in [0.2, 0.25) is 0 Å². The van der Waals surface area contributed by atoms with Crippen LogP contribution in [0.2, 0.25) is 0 Å². The molecule has 0 unspecified atom stereocenters. The van der Waals surface area contributed by atoms with Gasteiger partial charge in [0.15, 0.2) is 5.13 Å². The molecule has 1 saturated heterocycles. The average Bonchev–Trinajstić information content (AvgIpc) is 2.75. The number of amides is 3. The van der Waals surface area contributed by atoms with Crippen molar-refractivity contribution in [1.29, 1.82) is 0 Å². The zero-order valence-electron chi connectivity index (χ0n) is 8.03. The standard InChI is InChI=1S/C8H10N4O2S/c1-4-3-15-8(10-4)12-6(13)5-2-9-7(14)11-5/h3,5H,2H2,1H3,(H2,9,11,14)(H,10,12,13)/t5-/m0/s1. The lowest BCUT2D eigenvalue weighted by atomic mass is 10.3. The highest BCUT2D eigenvalue weighted by atomic mass is 32.1. The monoisotopic (exact) mass is 226 g/mol. The maximum Gasteiger partial charge on any atom is 0.315 e. The predicted molar refractivity (Wildman–Crippen MR) is 55.8 cm³/mol. The van der Waals surface area contributed by atoms with E-state index in [0.717, 1.165) is 5.69 Å². The Morgan fingerprint density at radius 3 is 3.07 bits per heavy atom. The zero-order chi connectivity index (χ0) is 10.8. The van der Waals surface area contributed by atoms with Crippen molar-refractivity contribution in [3.63, 3.8) is 0 Å². The molecule has 7 heteroatoms. The fraction of sp³-hybridized carbons (Fsp3) is 0.375. The molecule has 0 bridgehead atoms. The first-order valence-electron chi connectivity index (χ1n) is 4.42. The molecule has 6 nitrogen and oxygen atoms in total. The Morgan fingerprint density at radius 1 is 1.73 bits per heavy atom. The molecule has 15 heavy (non-hydrogen) atoms. The highest BCUT2D eigenvalue weighted by Gasteiger charge is 2.27. The number of aromatic nitrogens is 1. The molecule has 0 radical (unpaired) electrons. The van der Waals surface area contributed by atoms with E-state index in [-0.39, 0.29) is 11.9 Å². The van der Waals surface area contributed by atoms with Crippen LogP contribution in [0.15, 0.2) is 5.38 Å². The molecule has 1 aliphatic heterocycles. The first kappa shape index (κ1) is 9.91. The van der Waals surface area contributed by atoms with Crippen LogP contribution >= 0.6 is 11.3 Å². The van der Waals surface area contributed by atoms with E-state index in [1.54, 1.807) is 0 Å². The summed E-state index contributed by atoms with van der Waals surface area (Å²) in [4.78, 5) is 26.5. The summed E-state index contributed by atoms with van der Waals surface area (Å²) in [6, 6.07) is -0.827. The number of rotatable bonds is 2. The molecule has 0 aromatic carbocycles. The molecule has 2 heterocycles. The summed E-state index contributed by atoms with van der Waals surface area (Å²) in [5.41, 5.74) is 0.865. The smallest absolute Gasteiger partial charge is 0.315 e. The number of hydrogen-bond acceptors (Lipinski definition) is 4. The van der Waals surface area contributed by atoms with E-state index in [9.17, 15) is 9.59 Å². The fourth-order valence-corrected chi connectivity index (χ4v) is 1.91. The Bertz CT molecular complexity index is 403. The van der Waals surface area contributed by atoms with Gasteiger partial charge in [-0.3, -0.25) is 4.79 Å². The van der Waals surface area contributed by atoms with E-state index >= 15 is 0 Å². The van der Waals surface area contributed by atoms with E-state index < -0.39 is 6.04 Å². The summed E-state index contributed by atoms with van der Waals surface area (Å²) >= 11 is 1.36. The maximum absolute atomic E-state index is 11.6. The van der Waals surface area contributed by atoms with Gasteiger partial charge in [-0.25, -0.2) is 9.78 Å². The number of nitrogens with one attached hydrogen (secondary N) is 3. The van der Waals surface area contributed by atoms with Gasteiger partial charge in [0.1, 0.15) is 6.04 Å². The van der Waals surface area contributed by atoms with Gasteiger partial charge >= 0.3 is 6.03 Å². The van der Waals surface area contributed by atoms with Gasteiger partial charge in [0, 0.05) is 11.9 Å². The van der Waals surface area contributed by atoms with Crippen LogP contribution in [0.25, 0.3) is 0 Å². The number of thiazole rings is 1. The molecule has 3 amide bonds. The number of urea groups is 1. The van der Waals surface area contributed by atoms with E-state index in [0.29, 0.717) is 11.7 Å². The quantitative estimate of drug-likeness (QED) is 0.667. The summed E-state index contributed by atoms with van der Waals surface area (Å²) in [5, 5.41) is 10.1. The molecule has 0 saturated carbocycles. The third-order valence-corrected chi connectivity index (χ3v) is 2.81. The van der Waals surface area contributed by atoms with Crippen LogP contribution in [0.4, 0.5) is 9.93 Å². The Kier molecular flexibility index (Phi) is 2.55. The van der Waals surface area contributed by atoms with Crippen molar-refractivity contribution in [2.24, 2.45) is 0 Å². The summed E-state index contributed by atoms with van der Waals surface area (Å²) in [5.74, 6) is -0.247. The van der Waals surface area contributed by atoms with Gasteiger partial charge in [0.25, 0.3) is 5.91 Å². The Labute approximate surface area is 90.1 Å². The lowest BCUT2D eigenvalue weighted by Crippen LogP contribution is -2.38. The van der Waals surface area contributed by atoms with Crippen LogP contribution in [-0.4, -0.2) is 29.5 Å². The van der Waals surface area contributed by atoms with E-state index in [1.807, 2.05) is 12.3 Å². The minimum atomic E-state index is -0.512. The zero-order valence-corrected chi connectivity index (χ0v) is 8.85. The maximum atomic E-state index is 11.6. The third-order valence-electron chi connectivity index (χ3n) is 1.94. The Hall–Kier alpha value is -1.63. The van der Waals surface area contributed by atoms with Crippen molar-refractivity contribution in [1.82, 2.24) is 15.6 Å². The number of hydrogen-bond donors (Lipinski definition) is 3. The van der Waals surface area contributed by atoms with Gasteiger partial charge in [-0.15, -0.1) is 11.3 Å². The molecule has 1 aromatic rings. The van der Waals surface area contributed by atoms with Crippen molar-refractivity contribution < 1.29 is 9.59 Å². The van der Waals surface area contributed by atoms with Gasteiger partial charge < -0.3 is 16.0 Å². The van der Waals surface area contributed by atoms with Crippen molar-refractivity contribution in [3.8, 4) is 0 Å². The van der Waals surface area contributed by atoms with Gasteiger partial charge in [-0.2, -0.15) is 0 Å². The molecule has 1 aromatic heterocycles. The molecule has 1 atom stereocenters. The minimum absolute atomic E-state index is 0.247. The Balaban J connectivity index is 1.95. The van der Waals surface area contributed by atoms with Crippen molar-refractivity contribution >= 4 is 28.4 Å². The van der Waals surface area contributed by atoms with Crippen LogP contribution in [0.1, 0.15) is 5.69 Å². The van der Waals surface area contributed by atoms with Crippen LogP contribution < -0.4 is 16.0 Å². The highest BCUT2D eigenvalue weighted by molar-refractivity contribution is 7.13. The highest BCUT2D eigenvalue weighted by Crippen LogP contribution is 2.14. The molecule has 0 spiro atoms. The first-order valence-corrected chi connectivity index (χ1v) is 5.30. The molecular formula is C8H10N4O2S. The number of carbonyl (C=O) groups is 2. The largest absolute Gasteiger partial charge is 0.336 e. The molecule has 2 rings (SSSR count). The predicted octanol–water partition coefficient (Wildman–Crippen LogP) is 0.0714. The number of nitrogens with zero attached hydrogens (tertiary/aromatic N) is 1. The summed E-state index contributed by atoms with van der Waals surface area (Å²) < 4.78 is 0. The first-order chi connectivity index (χ1) is 7.15. The molecule has 80 valence electrons. The minimum Gasteiger partial charge on any atom is -0.336 e. The summed E-state index contributed by atoms with van der Waals surface area (Å²) in [6.07, 6.45) is 0. The summed E-state index contributed by atoms with van der Waals surface area (Å²) in [7, 11) is 0. The van der Waals surface area contributed by atoms with Crippen LogP contribution in [0, 0.1) is 6.92 Å². The number of carbonyl (C=O) groups excluding carboxylic acids is 2. The number of aryl methyl sites for hydroxylation is 1. The molecule has 1 aliphatic rings. The van der Waals surface area contributed by atoms with Crippen LogP contribution in [0.5, 0.6) is 0 Å². The van der Waals surface area contributed by atoms with E-state index in [4.69, 9.17) is 0 Å². The normalized spacial score (nSPS) is 19.5. The lowest BCUT2D eigenvalue weighted by Gasteiger charge is -2.06. The van der Waals surface area contributed by atoms with Gasteiger partial charge in [-0.05, 0) is 6.92 Å². The Morgan fingerprint density at radius 2 is 2.53 bits per heavy atom. The van der Waals surface area contributed by atoms with Crippen LogP contribution in [-0.2, 0) is 4.79 Å². The SMILES string of the molecule is Cc1csc(NC(=O)[C@@H]2CNC(=O)N2)n1. The van der Waals surface area contributed by atoms with Crippen molar-refractivity contribution in [2.75, 3.05) is 11.9 Å². The van der Waals surface area contributed by atoms with E-state index in [1.165, 1.54) is 11.3 Å². The van der Waals surface area contributed by atoms with Crippen LogP contribution in [0.3, 0.4) is 0 Å². The molecular weight excluding hydrogens is 216 g/mol. The number of anilines is 1. The molecule has 1 fully saturated rings. The lowest BCUT2D eigenvalue weighted by molar-refractivity contribution is -0.117. The third kappa shape index (κ3) is 2.24. The van der Waals surface area contributed by atoms with Gasteiger partial charge in [0.05, 0.1) is 5.69 Å². The average molecular weight is 226 g/mol. The second-order valence-electron chi connectivity index (χ2n) is 3.19. The second kappa shape index (κ2) is 3.85. The molecule has 0 aliphatic carbocycles. The van der Waals surface area contributed by atoms with Crippen molar-refractivity contribution in [2.45, 2.75) is 13.0 Å².